The SMILES string of the molecule is O=C(O)CCSc1ccccc1-c1nnc(Nc2ccc(Cl)cc2)o1. The Morgan fingerprint density at radius 3 is 2.68 bits per heavy atom. The second-order valence-electron chi connectivity index (χ2n) is 5.03. The molecule has 3 aromatic rings. The first-order valence-corrected chi connectivity index (χ1v) is 8.78. The lowest BCUT2D eigenvalue weighted by molar-refractivity contribution is -0.136. The molecule has 6 nitrogen and oxygen atoms in total. The zero-order valence-corrected chi connectivity index (χ0v) is 14.5. The van der Waals surface area contributed by atoms with Crippen molar-refractivity contribution in [1.82, 2.24) is 10.2 Å². The average Bonchev–Trinajstić information content (AvgIpc) is 3.05. The van der Waals surface area contributed by atoms with Gasteiger partial charge in [0.25, 0.3) is 5.89 Å². The number of hydrogen-bond acceptors (Lipinski definition) is 6. The van der Waals surface area contributed by atoms with Crippen LogP contribution < -0.4 is 5.32 Å². The van der Waals surface area contributed by atoms with Gasteiger partial charge in [0.05, 0.1) is 12.0 Å². The van der Waals surface area contributed by atoms with Crippen LogP contribution in [0.2, 0.25) is 5.02 Å². The van der Waals surface area contributed by atoms with Crippen LogP contribution >= 0.6 is 23.4 Å². The van der Waals surface area contributed by atoms with Gasteiger partial charge in [-0.25, -0.2) is 0 Å². The van der Waals surface area contributed by atoms with Crippen LogP contribution in [0.4, 0.5) is 11.7 Å². The standard InChI is InChI=1S/C17H14ClN3O3S/c18-11-5-7-12(8-6-11)19-17-21-20-16(24-17)13-3-1-2-4-14(13)25-10-9-15(22)23/h1-8H,9-10H2,(H,19,21)(H,22,23). The number of benzene rings is 2. The van der Waals surface area contributed by atoms with E-state index in [1.54, 1.807) is 12.1 Å². The van der Waals surface area contributed by atoms with Crippen molar-refractivity contribution in [2.75, 3.05) is 11.1 Å². The number of nitrogens with zero attached hydrogens (tertiary/aromatic N) is 2. The zero-order valence-electron chi connectivity index (χ0n) is 13.0. The average molecular weight is 376 g/mol. The van der Waals surface area contributed by atoms with Crippen LogP contribution in [0.1, 0.15) is 6.42 Å². The summed E-state index contributed by atoms with van der Waals surface area (Å²) in [7, 11) is 0. The van der Waals surface area contributed by atoms with Crippen LogP contribution in [0.3, 0.4) is 0 Å². The third kappa shape index (κ3) is 4.74. The first-order valence-electron chi connectivity index (χ1n) is 7.42. The van der Waals surface area contributed by atoms with Crippen molar-refractivity contribution in [1.29, 1.82) is 0 Å². The van der Waals surface area contributed by atoms with Gasteiger partial charge >= 0.3 is 12.0 Å². The highest BCUT2D eigenvalue weighted by molar-refractivity contribution is 7.99. The molecule has 0 aliphatic rings. The second kappa shape index (κ2) is 8.04. The van der Waals surface area contributed by atoms with Crippen LogP contribution in [0.25, 0.3) is 11.5 Å². The summed E-state index contributed by atoms with van der Waals surface area (Å²) in [5.41, 5.74) is 1.55. The number of nitrogens with one attached hydrogen (secondary N) is 1. The lowest BCUT2D eigenvalue weighted by Crippen LogP contribution is -1.96. The lowest BCUT2D eigenvalue weighted by atomic mass is 10.2. The number of carbonyl (C=O) groups is 1. The largest absolute Gasteiger partial charge is 0.481 e. The van der Waals surface area contributed by atoms with E-state index in [4.69, 9.17) is 21.1 Å². The van der Waals surface area contributed by atoms with Crippen molar-refractivity contribution in [2.45, 2.75) is 11.3 Å². The molecule has 0 aliphatic carbocycles. The number of aliphatic carboxylic acids is 1. The van der Waals surface area contributed by atoms with Crippen molar-refractivity contribution < 1.29 is 14.3 Å². The number of halogens is 1. The number of anilines is 2. The van der Waals surface area contributed by atoms with E-state index in [0.29, 0.717) is 16.7 Å². The highest BCUT2D eigenvalue weighted by atomic mass is 35.5. The van der Waals surface area contributed by atoms with Gasteiger partial charge < -0.3 is 14.8 Å². The van der Waals surface area contributed by atoms with E-state index in [-0.39, 0.29) is 12.4 Å². The summed E-state index contributed by atoms with van der Waals surface area (Å²) >= 11 is 7.30. The van der Waals surface area contributed by atoms with Gasteiger partial charge in [-0.1, -0.05) is 28.8 Å². The van der Waals surface area contributed by atoms with Gasteiger partial charge in [0, 0.05) is 21.4 Å². The first-order chi connectivity index (χ1) is 12.1. The molecule has 1 aromatic heterocycles. The smallest absolute Gasteiger partial charge is 0.320 e. The van der Waals surface area contributed by atoms with E-state index in [1.165, 1.54) is 11.8 Å². The molecule has 0 aliphatic heterocycles. The van der Waals surface area contributed by atoms with Gasteiger partial charge in [-0.2, -0.15) is 0 Å². The van der Waals surface area contributed by atoms with Gasteiger partial charge in [-0.3, -0.25) is 4.79 Å². The molecular weight excluding hydrogens is 362 g/mol. The number of rotatable bonds is 7. The molecule has 2 N–H and O–H groups in total. The van der Waals surface area contributed by atoms with E-state index in [0.717, 1.165) is 16.1 Å². The zero-order chi connectivity index (χ0) is 17.6. The van der Waals surface area contributed by atoms with Gasteiger partial charge in [-0.15, -0.1) is 16.9 Å². The van der Waals surface area contributed by atoms with Crippen molar-refractivity contribution in [3.63, 3.8) is 0 Å². The van der Waals surface area contributed by atoms with E-state index >= 15 is 0 Å². The Kier molecular flexibility index (Phi) is 5.57. The Labute approximate surface area is 153 Å². The normalized spacial score (nSPS) is 10.6. The predicted octanol–water partition coefficient (Wildman–Crippen LogP) is 4.70. The number of hydrogen-bond donors (Lipinski definition) is 2. The van der Waals surface area contributed by atoms with Crippen LogP contribution in [0.15, 0.2) is 57.8 Å². The molecule has 8 heteroatoms. The molecule has 3 rings (SSSR count). The third-order valence-corrected chi connectivity index (χ3v) is 4.54. The first kappa shape index (κ1) is 17.3. The van der Waals surface area contributed by atoms with Crippen LogP contribution in [0, 0.1) is 0 Å². The van der Waals surface area contributed by atoms with Crippen molar-refractivity contribution in [3.8, 4) is 11.5 Å². The maximum absolute atomic E-state index is 10.7. The summed E-state index contributed by atoms with van der Waals surface area (Å²) in [6.07, 6.45) is 0.0895. The molecule has 128 valence electrons. The third-order valence-electron chi connectivity index (χ3n) is 3.21. The fourth-order valence-electron chi connectivity index (χ4n) is 2.06. The van der Waals surface area contributed by atoms with E-state index in [1.807, 2.05) is 36.4 Å². The fraction of sp³-hybridized carbons (Fsp3) is 0.118. The van der Waals surface area contributed by atoms with E-state index in [9.17, 15) is 4.79 Å². The molecule has 0 bridgehead atoms. The van der Waals surface area contributed by atoms with Crippen molar-refractivity contribution in [2.24, 2.45) is 0 Å². The molecule has 0 amide bonds. The van der Waals surface area contributed by atoms with Gasteiger partial charge in [-0.05, 0) is 36.4 Å². The molecule has 0 spiro atoms. The highest BCUT2D eigenvalue weighted by Gasteiger charge is 2.13. The molecule has 2 aromatic carbocycles. The van der Waals surface area contributed by atoms with Gasteiger partial charge in [0.2, 0.25) is 0 Å². The molecule has 0 saturated carbocycles. The summed E-state index contributed by atoms with van der Waals surface area (Å²) in [5.74, 6) is 0.0169. The molecule has 0 radical (unpaired) electrons. The molecule has 25 heavy (non-hydrogen) atoms. The minimum atomic E-state index is -0.822. The monoisotopic (exact) mass is 375 g/mol. The predicted molar refractivity (Wildman–Crippen MR) is 97.4 cm³/mol. The van der Waals surface area contributed by atoms with Crippen LogP contribution in [-0.4, -0.2) is 27.0 Å². The van der Waals surface area contributed by atoms with Crippen LogP contribution in [-0.2, 0) is 4.79 Å². The van der Waals surface area contributed by atoms with E-state index < -0.39 is 5.97 Å². The van der Waals surface area contributed by atoms with Gasteiger partial charge in [0.15, 0.2) is 0 Å². The van der Waals surface area contributed by atoms with Crippen molar-refractivity contribution >= 4 is 41.0 Å². The Morgan fingerprint density at radius 2 is 1.92 bits per heavy atom. The molecule has 0 saturated heterocycles. The number of thioether (sulfide) groups is 1. The maximum Gasteiger partial charge on any atom is 0.320 e. The highest BCUT2D eigenvalue weighted by Crippen LogP contribution is 2.32. The topological polar surface area (TPSA) is 88.2 Å². The Hall–Kier alpha value is -2.51. The minimum absolute atomic E-state index is 0.0895. The summed E-state index contributed by atoms with van der Waals surface area (Å²) < 4.78 is 5.68. The second-order valence-corrected chi connectivity index (χ2v) is 6.61. The lowest BCUT2D eigenvalue weighted by Gasteiger charge is -2.05. The Bertz CT molecular complexity index is 868. The minimum Gasteiger partial charge on any atom is -0.481 e. The number of carboxylic acids is 1. The van der Waals surface area contributed by atoms with Gasteiger partial charge in [0.1, 0.15) is 0 Å². The summed E-state index contributed by atoms with van der Waals surface area (Å²) in [6, 6.07) is 14.9. The molecular formula is C17H14ClN3O3S. The number of carboxylic acid groups (broad SMARTS) is 1. The van der Waals surface area contributed by atoms with Crippen LogP contribution in [0.5, 0.6) is 0 Å². The molecule has 1 heterocycles. The fourth-order valence-corrected chi connectivity index (χ4v) is 3.16. The Balaban J connectivity index is 1.75. The number of aromatic nitrogens is 2. The summed E-state index contributed by atoms with van der Waals surface area (Å²) in [4.78, 5) is 11.6. The molecule has 0 fully saturated rings. The molecule has 0 unspecified atom stereocenters. The summed E-state index contributed by atoms with van der Waals surface area (Å²) in [6.45, 7) is 0. The summed E-state index contributed by atoms with van der Waals surface area (Å²) in [5, 5.41) is 20.5. The quantitative estimate of drug-likeness (QED) is 0.578. The van der Waals surface area contributed by atoms with E-state index in [2.05, 4.69) is 15.5 Å². The maximum atomic E-state index is 10.7. The Morgan fingerprint density at radius 1 is 1.16 bits per heavy atom. The van der Waals surface area contributed by atoms with Crippen molar-refractivity contribution in [3.05, 3.63) is 53.6 Å². The molecule has 0 atom stereocenters.